The average Bonchev–Trinajstić information content (AvgIpc) is 2.54. The number of anilines is 1. The van der Waals surface area contributed by atoms with Gasteiger partial charge in [-0.3, -0.25) is 9.59 Å². The Bertz CT molecular complexity index is 523. The van der Waals surface area contributed by atoms with E-state index in [4.69, 9.17) is 5.11 Å². The fourth-order valence-electron chi connectivity index (χ4n) is 3.17. The Balaban J connectivity index is 2.21. The third kappa shape index (κ3) is 1.30. The van der Waals surface area contributed by atoms with E-state index < -0.39 is 11.4 Å². The fraction of sp³-hybridized carbons (Fsp3) is 0.385. The molecule has 2 N–H and O–H groups in total. The fourth-order valence-corrected chi connectivity index (χ4v) is 3.17. The van der Waals surface area contributed by atoms with Crippen LogP contribution in [0.15, 0.2) is 18.2 Å². The van der Waals surface area contributed by atoms with E-state index in [9.17, 15) is 9.59 Å². The topological polar surface area (TPSA) is 66.4 Å². The van der Waals surface area contributed by atoms with Crippen molar-refractivity contribution in [1.82, 2.24) is 0 Å². The van der Waals surface area contributed by atoms with Gasteiger partial charge < -0.3 is 10.4 Å². The monoisotopic (exact) mass is 231 g/mol. The number of rotatable bonds is 2. The van der Waals surface area contributed by atoms with Gasteiger partial charge in [0.1, 0.15) is 0 Å². The Hall–Kier alpha value is -1.84. The van der Waals surface area contributed by atoms with Crippen molar-refractivity contribution in [3.63, 3.8) is 0 Å². The largest absolute Gasteiger partial charge is 0.481 e. The first kappa shape index (κ1) is 10.3. The molecule has 1 aromatic rings. The van der Waals surface area contributed by atoms with Gasteiger partial charge in [0.2, 0.25) is 5.91 Å². The van der Waals surface area contributed by atoms with Crippen molar-refractivity contribution >= 4 is 17.6 Å². The minimum atomic E-state index is -0.912. The SMILES string of the molecule is O=C(O)C[C@@]12CCCc3cccc(c31)NC2=O. The molecule has 0 saturated carbocycles. The lowest BCUT2D eigenvalue weighted by atomic mass is 9.69. The molecule has 0 radical (unpaired) electrons. The summed E-state index contributed by atoms with van der Waals surface area (Å²) in [5.74, 6) is -1.06. The number of carbonyl (C=O) groups is 2. The Morgan fingerprint density at radius 1 is 1.47 bits per heavy atom. The van der Waals surface area contributed by atoms with Crippen LogP contribution in [-0.2, 0) is 21.4 Å². The van der Waals surface area contributed by atoms with Gasteiger partial charge in [-0.15, -0.1) is 0 Å². The van der Waals surface area contributed by atoms with Crippen LogP contribution < -0.4 is 5.32 Å². The molecule has 3 rings (SSSR count). The average molecular weight is 231 g/mol. The Morgan fingerprint density at radius 3 is 3.06 bits per heavy atom. The number of benzene rings is 1. The van der Waals surface area contributed by atoms with Crippen molar-refractivity contribution in [2.75, 3.05) is 5.32 Å². The summed E-state index contributed by atoms with van der Waals surface area (Å²) in [5, 5.41) is 11.9. The number of nitrogens with one attached hydrogen (secondary N) is 1. The zero-order valence-electron chi connectivity index (χ0n) is 9.32. The van der Waals surface area contributed by atoms with Crippen molar-refractivity contribution in [3.8, 4) is 0 Å². The lowest BCUT2D eigenvalue weighted by Gasteiger charge is -2.31. The van der Waals surface area contributed by atoms with E-state index in [1.54, 1.807) is 0 Å². The summed E-state index contributed by atoms with van der Waals surface area (Å²) < 4.78 is 0. The summed E-state index contributed by atoms with van der Waals surface area (Å²) in [7, 11) is 0. The molecule has 1 atom stereocenters. The summed E-state index contributed by atoms with van der Waals surface area (Å²) in [6.07, 6.45) is 2.33. The number of aliphatic carboxylic acids is 1. The first-order chi connectivity index (χ1) is 8.13. The van der Waals surface area contributed by atoms with Crippen LogP contribution in [0.5, 0.6) is 0 Å². The van der Waals surface area contributed by atoms with Gasteiger partial charge in [0, 0.05) is 5.69 Å². The predicted octanol–water partition coefficient (Wildman–Crippen LogP) is 1.69. The van der Waals surface area contributed by atoms with Crippen LogP contribution in [0.25, 0.3) is 0 Å². The van der Waals surface area contributed by atoms with E-state index in [-0.39, 0.29) is 12.3 Å². The molecule has 2 aliphatic rings. The molecule has 0 bridgehead atoms. The van der Waals surface area contributed by atoms with E-state index in [1.807, 2.05) is 18.2 Å². The summed E-state index contributed by atoms with van der Waals surface area (Å²) in [5.41, 5.74) is 2.02. The number of amides is 1. The molecular formula is C13H13NO3. The molecule has 88 valence electrons. The molecular weight excluding hydrogens is 218 g/mol. The summed E-state index contributed by atoms with van der Waals surface area (Å²) in [6.45, 7) is 0. The number of carboxylic acids is 1. The molecule has 4 nitrogen and oxygen atoms in total. The summed E-state index contributed by atoms with van der Waals surface area (Å²) in [6, 6.07) is 5.76. The number of aryl methyl sites for hydroxylation is 1. The molecule has 0 aromatic heterocycles. The molecule has 0 saturated heterocycles. The summed E-state index contributed by atoms with van der Waals surface area (Å²) >= 11 is 0. The number of carbonyl (C=O) groups excluding carboxylic acids is 1. The maximum atomic E-state index is 12.1. The molecule has 0 spiro atoms. The normalized spacial score (nSPS) is 25.3. The molecule has 17 heavy (non-hydrogen) atoms. The van der Waals surface area contributed by atoms with Crippen LogP contribution in [0.4, 0.5) is 5.69 Å². The van der Waals surface area contributed by atoms with E-state index in [0.717, 1.165) is 29.7 Å². The van der Waals surface area contributed by atoms with Gasteiger partial charge in [0.15, 0.2) is 0 Å². The van der Waals surface area contributed by atoms with Gasteiger partial charge in [0.25, 0.3) is 0 Å². The zero-order chi connectivity index (χ0) is 12.0. The van der Waals surface area contributed by atoms with Gasteiger partial charge in [-0.05, 0) is 36.5 Å². The zero-order valence-corrected chi connectivity index (χ0v) is 9.32. The lowest BCUT2D eigenvalue weighted by molar-refractivity contribution is -0.141. The number of hydrogen-bond acceptors (Lipinski definition) is 2. The second-order valence-corrected chi connectivity index (χ2v) is 4.80. The number of carboxylic acid groups (broad SMARTS) is 1. The van der Waals surface area contributed by atoms with E-state index in [1.165, 1.54) is 0 Å². The minimum absolute atomic E-state index is 0.108. The van der Waals surface area contributed by atoms with Crippen LogP contribution in [0.2, 0.25) is 0 Å². The van der Waals surface area contributed by atoms with Gasteiger partial charge in [0.05, 0.1) is 11.8 Å². The van der Waals surface area contributed by atoms with Crippen molar-refractivity contribution < 1.29 is 14.7 Å². The molecule has 4 heteroatoms. The van der Waals surface area contributed by atoms with Crippen molar-refractivity contribution in [2.24, 2.45) is 0 Å². The Labute approximate surface area is 98.6 Å². The second-order valence-electron chi connectivity index (χ2n) is 4.80. The van der Waals surface area contributed by atoms with E-state index in [2.05, 4.69) is 5.32 Å². The quantitative estimate of drug-likeness (QED) is 0.813. The highest BCUT2D eigenvalue weighted by molar-refractivity contribution is 6.08. The third-order valence-electron chi connectivity index (χ3n) is 3.81. The molecule has 1 aromatic carbocycles. The lowest BCUT2D eigenvalue weighted by Crippen LogP contribution is -2.39. The van der Waals surface area contributed by atoms with Gasteiger partial charge in [-0.1, -0.05) is 12.1 Å². The molecule has 0 unspecified atom stereocenters. The van der Waals surface area contributed by atoms with Crippen LogP contribution in [0.1, 0.15) is 30.4 Å². The van der Waals surface area contributed by atoms with Crippen LogP contribution in [0, 0.1) is 0 Å². The van der Waals surface area contributed by atoms with E-state index >= 15 is 0 Å². The van der Waals surface area contributed by atoms with E-state index in [0.29, 0.717) is 6.42 Å². The second kappa shape index (κ2) is 3.32. The molecule has 1 aliphatic carbocycles. The van der Waals surface area contributed by atoms with Crippen LogP contribution >= 0.6 is 0 Å². The molecule has 0 fully saturated rings. The smallest absolute Gasteiger partial charge is 0.304 e. The Kier molecular flexibility index (Phi) is 2.02. The first-order valence-corrected chi connectivity index (χ1v) is 5.79. The van der Waals surface area contributed by atoms with Crippen LogP contribution in [-0.4, -0.2) is 17.0 Å². The maximum Gasteiger partial charge on any atom is 0.304 e. The highest BCUT2D eigenvalue weighted by atomic mass is 16.4. The number of hydrogen-bond donors (Lipinski definition) is 2. The van der Waals surface area contributed by atoms with Gasteiger partial charge in [-0.2, -0.15) is 0 Å². The predicted molar refractivity (Wildman–Crippen MR) is 61.9 cm³/mol. The molecule has 1 heterocycles. The third-order valence-corrected chi connectivity index (χ3v) is 3.81. The van der Waals surface area contributed by atoms with Crippen molar-refractivity contribution in [2.45, 2.75) is 31.1 Å². The van der Waals surface area contributed by atoms with Gasteiger partial charge in [-0.25, -0.2) is 0 Å². The Morgan fingerprint density at radius 2 is 2.29 bits per heavy atom. The maximum absolute atomic E-state index is 12.1. The molecule has 1 aliphatic heterocycles. The standard InChI is InChI=1S/C13H13NO3/c15-10(16)7-13-6-2-4-8-3-1-5-9(11(8)13)14-12(13)17/h1,3,5H,2,4,6-7H2,(H,14,17)(H,15,16)/t13-/m0/s1. The minimum Gasteiger partial charge on any atom is -0.481 e. The highest BCUT2D eigenvalue weighted by Crippen LogP contribution is 2.48. The summed E-state index contributed by atoms with van der Waals surface area (Å²) in [4.78, 5) is 23.2. The molecule has 1 amide bonds. The highest BCUT2D eigenvalue weighted by Gasteiger charge is 2.50. The first-order valence-electron chi connectivity index (χ1n) is 5.79. The van der Waals surface area contributed by atoms with Crippen molar-refractivity contribution in [1.29, 1.82) is 0 Å². The van der Waals surface area contributed by atoms with Gasteiger partial charge >= 0.3 is 5.97 Å². The van der Waals surface area contributed by atoms with Crippen molar-refractivity contribution in [3.05, 3.63) is 29.3 Å². The van der Waals surface area contributed by atoms with Crippen LogP contribution in [0.3, 0.4) is 0 Å².